The molecule has 0 spiro atoms. The average Bonchev–Trinajstić information content (AvgIpc) is 2.95. The lowest BCUT2D eigenvalue weighted by Crippen LogP contribution is -2.54. The molecule has 5 amide bonds. The Morgan fingerprint density at radius 1 is 0.810 bits per heavy atom. The average molecular weight is 596 g/mol. The highest BCUT2D eigenvalue weighted by Crippen LogP contribution is 2.12. The summed E-state index contributed by atoms with van der Waals surface area (Å²) >= 11 is 0. The lowest BCUT2D eigenvalue weighted by atomic mass is 10.0. The van der Waals surface area contributed by atoms with Crippen LogP contribution in [0.1, 0.15) is 18.4 Å². The third kappa shape index (κ3) is 14.4. The summed E-state index contributed by atoms with van der Waals surface area (Å²) < 4.78 is 0. The second-order valence-electron chi connectivity index (χ2n) is 8.93. The molecule has 14 N–H and O–H groups in total. The van der Waals surface area contributed by atoms with Crippen LogP contribution in [0.3, 0.4) is 0 Å². The molecule has 0 aliphatic heterocycles. The van der Waals surface area contributed by atoms with Gasteiger partial charge in [-0.1, -0.05) is 12.1 Å². The van der Waals surface area contributed by atoms with Crippen molar-refractivity contribution in [3.8, 4) is 5.75 Å². The summed E-state index contributed by atoms with van der Waals surface area (Å²) in [4.78, 5) is 72.5. The van der Waals surface area contributed by atoms with E-state index in [2.05, 4.69) is 31.9 Å². The number of rotatable bonds is 18. The molecule has 42 heavy (non-hydrogen) atoms. The van der Waals surface area contributed by atoms with E-state index in [0.717, 1.165) is 0 Å². The number of amides is 5. The van der Waals surface area contributed by atoms with Crippen molar-refractivity contribution in [1.29, 1.82) is 5.41 Å². The molecule has 18 heteroatoms. The molecule has 3 atom stereocenters. The number of hydrogen-bond donors (Lipinski definition) is 12. The van der Waals surface area contributed by atoms with E-state index in [1.807, 2.05) is 0 Å². The minimum Gasteiger partial charge on any atom is -0.508 e. The highest BCUT2D eigenvalue weighted by molar-refractivity contribution is 5.93. The van der Waals surface area contributed by atoms with Gasteiger partial charge in [0.1, 0.15) is 23.9 Å². The summed E-state index contributed by atoms with van der Waals surface area (Å²) in [5, 5.41) is 48.9. The lowest BCUT2D eigenvalue weighted by molar-refractivity contribution is -0.142. The monoisotopic (exact) mass is 595 g/mol. The summed E-state index contributed by atoms with van der Waals surface area (Å²) in [6.07, 6.45) is 0.184. The molecule has 232 valence electrons. The SMILES string of the molecule is N=C(N)NCCC[C@H](NC(=O)[C@H](Cc1ccc(O)cc1)NC(=O)CNC(=O)CNC(=O)CNC(=O)[C@@H](N)CO)C(=O)O. The van der Waals surface area contributed by atoms with Crippen LogP contribution < -0.4 is 43.4 Å². The van der Waals surface area contributed by atoms with Gasteiger partial charge in [0, 0.05) is 13.0 Å². The number of nitrogens with two attached hydrogens (primary N) is 2. The van der Waals surface area contributed by atoms with Gasteiger partial charge in [0.05, 0.1) is 26.2 Å². The molecule has 1 aromatic rings. The van der Waals surface area contributed by atoms with E-state index in [1.165, 1.54) is 24.3 Å². The van der Waals surface area contributed by atoms with Crippen LogP contribution in [-0.2, 0) is 35.2 Å². The number of phenols is 1. The van der Waals surface area contributed by atoms with Crippen LogP contribution >= 0.6 is 0 Å². The standard InChI is InChI=1S/C24H37N9O9/c25-15(12-34)21(39)31-10-19(37)29-9-18(36)30-11-20(38)32-17(8-13-3-5-14(35)6-4-13)22(40)33-16(23(41)42)2-1-7-28-24(26)27/h3-6,15-17,34-35H,1-2,7-12,25H2,(H,29,37)(H,30,36)(H,31,39)(H,32,38)(H,33,40)(H,41,42)(H4,26,27,28)/t15-,16-,17-/m0/s1. The number of carbonyl (C=O) groups excluding carboxylic acids is 5. The normalized spacial score (nSPS) is 12.5. The Morgan fingerprint density at radius 2 is 1.38 bits per heavy atom. The summed E-state index contributed by atoms with van der Waals surface area (Å²) in [5.41, 5.74) is 11.0. The maximum atomic E-state index is 13.0. The number of benzene rings is 1. The summed E-state index contributed by atoms with van der Waals surface area (Å²) in [5.74, 6) is -5.50. The molecular formula is C24H37N9O9. The summed E-state index contributed by atoms with van der Waals surface area (Å²) in [6.45, 7) is -2.04. The maximum Gasteiger partial charge on any atom is 0.326 e. The first-order valence-corrected chi connectivity index (χ1v) is 12.7. The van der Waals surface area contributed by atoms with Crippen LogP contribution in [0, 0.1) is 5.41 Å². The van der Waals surface area contributed by atoms with Crippen molar-refractivity contribution in [3.63, 3.8) is 0 Å². The molecule has 0 saturated carbocycles. The van der Waals surface area contributed by atoms with Crippen molar-refractivity contribution in [1.82, 2.24) is 31.9 Å². The van der Waals surface area contributed by atoms with Gasteiger partial charge in [0.2, 0.25) is 29.5 Å². The largest absolute Gasteiger partial charge is 0.508 e. The van der Waals surface area contributed by atoms with E-state index in [1.54, 1.807) is 0 Å². The fourth-order valence-electron chi connectivity index (χ4n) is 3.25. The van der Waals surface area contributed by atoms with Crippen molar-refractivity contribution < 1.29 is 44.1 Å². The number of aliphatic carboxylic acids is 1. The first-order valence-electron chi connectivity index (χ1n) is 12.7. The van der Waals surface area contributed by atoms with Crippen molar-refractivity contribution in [2.24, 2.45) is 11.5 Å². The second kappa shape index (κ2) is 18.4. The number of aromatic hydroxyl groups is 1. The van der Waals surface area contributed by atoms with E-state index in [4.69, 9.17) is 22.0 Å². The number of aliphatic hydroxyl groups is 1. The molecule has 18 nitrogen and oxygen atoms in total. The zero-order chi connectivity index (χ0) is 31.7. The van der Waals surface area contributed by atoms with Gasteiger partial charge in [-0.15, -0.1) is 0 Å². The first kappa shape index (κ1) is 35.1. The van der Waals surface area contributed by atoms with E-state index in [-0.39, 0.29) is 37.5 Å². The number of carboxylic acids is 1. The zero-order valence-electron chi connectivity index (χ0n) is 22.6. The number of carbonyl (C=O) groups is 6. The Kier molecular flexibility index (Phi) is 15.4. The fraction of sp³-hybridized carbons (Fsp3) is 0.458. The molecule has 0 aromatic heterocycles. The molecule has 1 aromatic carbocycles. The van der Waals surface area contributed by atoms with E-state index < -0.39 is 79.9 Å². The van der Waals surface area contributed by atoms with Crippen molar-refractivity contribution in [3.05, 3.63) is 29.8 Å². The van der Waals surface area contributed by atoms with Crippen molar-refractivity contribution in [2.75, 3.05) is 32.8 Å². The number of guanidine groups is 1. The number of hydrogen-bond acceptors (Lipinski definition) is 10. The maximum absolute atomic E-state index is 13.0. The molecule has 0 bridgehead atoms. The van der Waals surface area contributed by atoms with Crippen LogP contribution in [0.15, 0.2) is 24.3 Å². The predicted octanol–water partition coefficient (Wildman–Crippen LogP) is -5.08. The van der Waals surface area contributed by atoms with Gasteiger partial charge in [-0.3, -0.25) is 29.4 Å². The molecule has 0 unspecified atom stereocenters. The Hall–Kier alpha value is -4.97. The third-order valence-electron chi connectivity index (χ3n) is 5.48. The molecule has 0 fully saturated rings. The smallest absolute Gasteiger partial charge is 0.326 e. The highest BCUT2D eigenvalue weighted by Gasteiger charge is 2.27. The van der Waals surface area contributed by atoms with Crippen LogP contribution in [0.4, 0.5) is 0 Å². The molecule has 0 aliphatic rings. The molecule has 0 heterocycles. The van der Waals surface area contributed by atoms with Gasteiger partial charge in [-0.2, -0.15) is 0 Å². The Morgan fingerprint density at radius 3 is 1.93 bits per heavy atom. The Balaban J connectivity index is 2.71. The number of nitrogens with one attached hydrogen (secondary N) is 7. The van der Waals surface area contributed by atoms with Crippen LogP contribution in [0.2, 0.25) is 0 Å². The summed E-state index contributed by atoms with van der Waals surface area (Å²) in [7, 11) is 0. The van der Waals surface area contributed by atoms with Crippen LogP contribution in [0.25, 0.3) is 0 Å². The first-order chi connectivity index (χ1) is 19.8. The third-order valence-corrected chi connectivity index (χ3v) is 5.48. The molecule has 0 aliphatic carbocycles. The van der Waals surface area contributed by atoms with Gasteiger partial charge < -0.3 is 58.7 Å². The molecular weight excluding hydrogens is 558 g/mol. The predicted molar refractivity (Wildman–Crippen MR) is 147 cm³/mol. The topological polar surface area (TPSA) is 311 Å². The number of aliphatic hydroxyl groups excluding tert-OH is 1. The van der Waals surface area contributed by atoms with Gasteiger partial charge in [0.25, 0.3) is 0 Å². The lowest BCUT2D eigenvalue weighted by Gasteiger charge is -2.22. The van der Waals surface area contributed by atoms with Gasteiger partial charge in [-0.25, -0.2) is 4.79 Å². The van der Waals surface area contributed by atoms with Crippen molar-refractivity contribution >= 4 is 41.5 Å². The number of carboxylic acid groups (broad SMARTS) is 1. The van der Waals surface area contributed by atoms with Gasteiger partial charge in [-0.05, 0) is 30.5 Å². The van der Waals surface area contributed by atoms with E-state index >= 15 is 0 Å². The highest BCUT2D eigenvalue weighted by atomic mass is 16.4. The minimum absolute atomic E-state index is 0.000918. The Bertz CT molecular complexity index is 1120. The van der Waals surface area contributed by atoms with Crippen LogP contribution in [-0.4, -0.2) is 108 Å². The van der Waals surface area contributed by atoms with E-state index in [9.17, 15) is 39.0 Å². The number of phenolic OH excluding ortho intramolecular Hbond substituents is 1. The van der Waals surface area contributed by atoms with Gasteiger partial charge >= 0.3 is 5.97 Å². The Labute approximate surface area is 240 Å². The fourth-order valence-corrected chi connectivity index (χ4v) is 3.25. The molecule has 0 radical (unpaired) electrons. The van der Waals surface area contributed by atoms with Crippen molar-refractivity contribution in [2.45, 2.75) is 37.4 Å². The zero-order valence-corrected chi connectivity index (χ0v) is 22.6. The minimum atomic E-state index is -1.31. The molecule has 0 saturated heterocycles. The van der Waals surface area contributed by atoms with Crippen LogP contribution in [0.5, 0.6) is 5.75 Å². The second-order valence-corrected chi connectivity index (χ2v) is 8.93. The quantitative estimate of drug-likeness (QED) is 0.0431. The summed E-state index contributed by atoms with van der Waals surface area (Å²) in [6, 6.07) is 1.99. The van der Waals surface area contributed by atoms with Gasteiger partial charge in [0.15, 0.2) is 5.96 Å². The molecule has 1 rings (SSSR count). The van der Waals surface area contributed by atoms with E-state index in [0.29, 0.717) is 5.56 Å².